The number of aryl methyl sites for hydroxylation is 3. The van der Waals surface area contributed by atoms with E-state index in [1.54, 1.807) is 59.0 Å². The molecule has 9 rings (SSSR count). The summed E-state index contributed by atoms with van der Waals surface area (Å²) in [6, 6.07) is 9.27. The van der Waals surface area contributed by atoms with Gasteiger partial charge in [-0.25, -0.2) is 18.6 Å². The SMILES string of the molecule is CNC(=O)N1CCc2c(c(N3CCCc4cc(-c5cnn(C)c5)c(C(F)F)cc43)nn2C2CCN(C(=O)CCOCCOCCOCCC(=O)N[C@H](C(=O)N3C[C@H](O)C[C@H]3C(=O)NCc3ccc(-c4scnc4C)cc3)C(C)(C)C)CC2)C1. The third-order valence-electron chi connectivity index (χ3n) is 16.0. The highest BCUT2D eigenvalue weighted by atomic mass is 32.1. The number of carbonyl (C=O) groups excluding carboxylic acids is 5. The van der Waals surface area contributed by atoms with Gasteiger partial charge in [0.2, 0.25) is 23.6 Å². The number of piperidine rings is 1. The predicted molar refractivity (Wildman–Crippen MR) is 308 cm³/mol. The van der Waals surface area contributed by atoms with Gasteiger partial charge >= 0.3 is 6.03 Å². The van der Waals surface area contributed by atoms with Gasteiger partial charge in [0.05, 0.1) is 87.0 Å². The lowest BCUT2D eigenvalue weighted by atomic mass is 9.85. The number of aromatic nitrogens is 5. The number of amides is 6. The van der Waals surface area contributed by atoms with Crippen molar-refractivity contribution in [2.24, 2.45) is 12.5 Å². The van der Waals surface area contributed by atoms with E-state index in [2.05, 4.69) is 35.6 Å². The molecule has 5 aromatic rings. The molecular weight excluding hydrogens is 1090 g/mol. The molecule has 3 aromatic heterocycles. The average Bonchev–Trinajstić information content (AvgIpc) is 4.20. The number of nitrogens with one attached hydrogen (secondary N) is 3. The van der Waals surface area contributed by atoms with Gasteiger partial charge in [-0.1, -0.05) is 45.0 Å². The smallest absolute Gasteiger partial charge is 0.317 e. The number of anilines is 2. The number of benzene rings is 2. The van der Waals surface area contributed by atoms with E-state index in [1.165, 1.54) is 4.90 Å². The van der Waals surface area contributed by atoms with Crippen molar-refractivity contribution in [2.45, 2.75) is 123 Å². The molecule has 21 nitrogen and oxygen atoms in total. The number of hydrogen-bond donors (Lipinski definition) is 4. The maximum Gasteiger partial charge on any atom is 0.317 e. The Bertz CT molecular complexity index is 3080. The largest absolute Gasteiger partial charge is 0.391 e. The summed E-state index contributed by atoms with van der Waals surface area (Å²) < 4.78 is 50.3. The van der Waals surface area contributed by atoms with Gasteiger partial charge in [-0.3, -0.25) is 28.5 Å². The lowest BCUT2D eigenvalue weighted by Crippen LogP contribution is -2.57. The molecule has 2 fully saturated rings. The maximum atomic E-state index is 14.8. The van der Waals surface area contributed by atoms with Crippen LogP contribution in [0.2, 0.25) is 0 Å². The summed E-state index contributed by atoms with van der Waals surface area (Å²) in [4.78, 5) is 79.4. The second kappa shape index (κ2) is 27.2. The number of hydrogen-bond acceptors (Lipinski definition) is 14. The van der Waals surface area contributed by atoms with Crippen molar-refractivity contribution in [3.05, 3.63) is 87.9 Å². The first-order chi connectivity index (χ1) is 39.9. The van der Waals surface area contributed by atoms with Crippen LogP contribution in [0.15, 0.2) is 54.3 Å². The van der Waals surface area contributed by atoms with Crippen LogP contribution in [-0.4, -0.2) is 172 Å². The highest BCUT2D eigenvalue weighted by Gasteiger charge is 2.45. The summed E-state index contributed by atoms with van der Waals surface area (Å²) in [5, 5.41) is 28.6. The van der Waals surface area contributed by atoms with Gasteiger partial charge in [0.1, 0.15) is 12.1 Å². The first-order valence-corrected chi connectivity index (χ1v) is 29.6. The van der Waals surface area contributed by atoms with Crippen LogP contribution in [0.1, 0.15) is 105 Å². The molecule has 0 aliphatic carbocycles. The summed E-state index contributed by atoms with van der Waals surface area (Å²) in [7, 11) is 3.37. The molecule has 0 unspecified atom stereocenters. The van der Waals surface area contributed by atoms with Crippen molar-refractivity contribution < 1.29 is 52.1 Å². The van der Waals surface area contributed by atoms with E-state index >= 15 is 0 Å². The molecule has 0 radical (unpaired) electrons. The molecule has 448 valence electrons. The first-order valence-electron chi connectivity index (χ1n) is 28.7. The molecule has 2 aromatic carbocycles. The topological polar surface area (TPSA) is 231 Å². The summed E-state index contributed by atoms with van der Waals surface area (Å²) >= 11 is 1.57. The fraction of sp³-hybridized carbons (Fsp3) is 0.559. The number of ether oxygens (including phenoxy) is 3. The van der Waals surface area contributed by atoms with Crippen LogP contribution in [0.5, 0.6) is 0 Å². The van der Waals surface area contributed by atoms with Gasteiger partial charge in [0.25, 0.3) is 6.43 Å². The molecule has 0 saturated carbocycles. The molecule has 6 amide bonds. The molecule has 0 bridgehead atoms. The number of β-amino-alcohol motifs (C(OH)–C–C–N with tert-alkyl or cyclic N) is 1. The fourth-order valence-electron chi connectivity index (χ4n) is 11.5. The Labute approximate surface area is 487 Å². The van der Waals surface area contributed by atoms with E-state index in [9.17, 15) is 37.9 Å². The Balaban J connectivity index is 0.676. The second-order valence-corrected chi connectivity index (χ2v) is 23.7. The minimum Gasteiger partial charge on any atom is -0.391 e. The summed E-state index contributed by atoms with van der Waals surface area (Å²) in [5.41, 5.74) is 8.60. The number of aliphatic hydroxyl groups is 1. The Morgan fingerprint density at radius 2 is 1.60 bits per heavy atom. The van der Waals surface area contributed by atoms with Crippen LogP contribution in [0, 0.1) is 12.3 Å². The number of urea groups is 1. The standard InChI is InChI=1S/C59H78F2N12O9S/c1-37-52(83-36-64-37)39-11-9-38(10-12-39)31-63-56(77)49-29-43(74)34-72(49)57(78)53(59(2,3)4)66-50(75)16-22-80-24-26-82-27-25-81-23-17-51(76)69-19-13-42(14-20-69)73-47-15-21-70(58(79)62-5)35-46(47)55(67-73)71-18-7-8-40-28-44(41-32-65-68(6)33-41)45(54(60)61)30-48(40)71/h9-12,28,30,32-33,36,42-43,49,53-54,74H,7-8,13-27,29,31,34-35H2,1-6H3,(H,62,79)(H,63,77)(H,66,75)/t43-,49+,53-/m1/s1. The Kier molecular flexibility index (Phi) is 19.9. The van der Waals surface area contributed by atoms with Crippen LogP contribution < -0.4 is 20.9 Å². The quantitative estimate of drug-likeness (QED) is 0.0564. The third kappa shape index (κ3) is 14.6. The van der Waals surface area contributed by atoms with E-state index in [0.29, 0.717) is 74.6 Å². The van der Waals surface area contributed by atoms with Crippen molar-refractivity contribution >= 4 is 52.5 Å². The molecule has 4 aliphatic heterocycles. The van der Waals surface area contributed by atoms with E-state index in [1.807, 2.05) is 62.9 Å². The number of rotatable bonds is 22. The van der Waals surface area contributed by atoms with Crippen LogP contribution in [0.4, 0.5) is 25.1 Å². The highest BCUT2D eigenvalue weighted by Crippen LogP contribution is 2.44. The van der Waals surface area contributed by atoms with Crippen LogP contribution in [0.25, 0.3) is 21.6 Å². The van der Waals surface area contributed by atoms with E-state index < -0.39 is 35.9 Å². The molecule has 3 atom stereocenters. The zero-order valence-corrected chi connectivity index (χ0v) is 49.2. The summed E-state index contributed by atoms with van der Waals surface area (Å²) in [6.07, 6.45) is 3.51. The minimum atomic E-state index is -2.71. The number of likely N-dealkylation sites (tertiary alicyclic amines) is 2. The Hall–Kier alpha value is -6.86. The van der Waals surface area contributed by atoms with E-state index in [0.717, 1.165) is 51.4 Å². The van der Waals surface area contributed by atoms with E-state index in [4.69, 9.17) is 19.3 Å². The Morgan fingerprint density at radius 1 is 0.892 bits per heavy atom. The van der Waals surface area contributed by atoms with Crippen molar-refractivity contribution in [3.63, 3.8) is 0 Å². The van der Waals surface area contributed by atoms with Gasteiger partial charge < -0.3 is 54.9 Å². The predicted octanol–water partition coefficient (Wildman–Crippen LogP) is 6.24. The first kappa shape index (κ1) is 60.7. The number of nitrogens with zero attached hydrogens (tertiary/aromatic N) is 9. The normalized spacial score (nSPS) is 17.9. The van der Waals surface area contributed by atoms with Crippen molar-refractivity contribution in [1.29, 1.82) is 0 Å². The van der Waals surface area contributed by atoms with Crippen molar-refractivity contribution in [3.8, 4) is 21.6 Å². The number of thiazole rings is 1. The zero-order valence-electron chi connectivity index (χ0n) is 48.3. The average molecular weight is 1170 g/mol. The number of alkyl halides is 2. The number of carbonyl (C=O) groups is 5. The van der Waals surface area contributed by atoms with Gasteiger partial charge in [-0.05, 0) is 72.4 Å². The molecule has 4 aliphatic rings. The number of fused-ring (bicyclic) bond motifs is 2. The van der Waals surface area contributed by atoms with Crippen LogP contribution in [0.3, 0.4) is 0 Å². The minimum absolute atomic E-state index is 0.00140. The van der Waals surface area contributed by atoms with Crippen LogP contribution in [-0.2, 0) is 66.4 Å². The molecule has 83 heavy (non-hydrogen) atoms. The van der Waals surface area contributed by atoms with Gasteiger partial charge in [-0.15, -0.1) is 11.3 Å². The van der Waals surface area contributed by atoms with Crippen molar-refractivity contribution in [2.75, 3.05) is 84.3 Å². The molecule has 7 heterocycles. The van der Waals surface area contributed by atoms with Gasteiger partial charge in [0, 0.05) is 107 Å². The molecule has 4 N–H and O–H groups in total. The van der Waals surface area contributed by atoms with Gasteiger partial charge in [-0.2, -0.15) is 10.2 Å². The number of aliphatic hydroxyl groups excluding tert-OH is 1. The van der Waals surface area contributed by atoms with Crippen molar-refractivity contribution in [1.82, 2.24) is 55.2 Å². The lowest BCUT2D eigenvalue weighted by Gasteiger charge is -2.35. The second-order valence-electron chi connectivity index (χ2n) is 22.8. The molecule has 24 heteroatoms. The lowest BCUT2D eigenvalue weighted by molar-refractivity contribution is -0.144. The monoisotopic (exact) mass is 1170 g/mol. The summed E-state index contributed by atoms with van der Waals surface area (Å²) in [5.74, 6) is -0.542. The van der Waals surface area contributed by atoms with Gasteiger partial charge in [0.15, 0.2) is 5.82 Å². The molecule has 2 saturated heterocycles. The molecular formula is C59H78F2N12O9S. The zero-order chi connectivity index (χ0) is 59.0. The van der Waals surface area contributed by atoms with Crippen LogP contribution >= 0.6 is 11.3 Å². The number of halogens is 2. The third-order valence-corrected chi connectivity index (χ3v) is 17.0. The van der Waals surface area contributed by atoms with E-state index in [-0.39, 0.29) is 107 Å². The summed E-state index contributed by atoms with van der Waals surface area (Å²) in [6.45, 7) is 11.5. The Morgan fingerprint density at radius 3 is 2.25 bits per heavy atom. The molecule has 0 spiro atoms. The highest BCUT2D eigenvalue weighted by molar-refractivity contribution is 7.13. The maximum absolute atomic E-state index is 14.8. The fourth-order valence-corrected chi connectivity index (χ4v) is 12.3.